The average molecular weight is 451 g/mol. The lowest BCUT2D eigenvalue weighted by Crippen LogP contribution is -2.34. The van der Waals surface area contributed by atoms with Gasteiger partial charge in [-0.3, -0.25) is 4.79 Å². The third-order valence-corrected chi connectivity index (χ3v) is 5.96. The van der Waals surface area contributed by atoms with Crippen LogP contribution in [-0.4, -0.2) is 35.5 Å². The fourth-order valence-electron chi connectivity index (χ4n) is 3.74. The third kappa shape index (κ3) is 5.98. The van der Waals surface area contributed by atoms with Gasteiger partial charge in [0.15, 0.2) is 0 Å². The van der Waals surface area contributed by atoms with Crippen LogP contribution in [0.1, 0.15) is 50.4 Å². The number of aromatic nitrogens is 2. The molecular weight excluding hydrogens is 420 g/mol. The number of hydrogen-bond acceptors (Lipinski definition) is 4. The van der Waals surface area contributed by atoms with Crippen molar-refractivity contribution < 1.29 is 4.79 Å². The number of carbonyl (C=O) groups excluding carboxylic acids is 1. The topological polar surface area (TPSA) is 58.1 Å². The molecule has 0 saturated heterocycles. The maximum atomic E-state index is 12.5. The van der Waals surface area contributed by atoms with Crippen LogP contribution in [0.4, 0.5) is 5.82 Å². The van der Waals surface area contributed by atoms with Crippen LogP contribution in [0.3, 0.4) is 0 Å². The summed E-state index contributed by atoms with van der Waals surface area (Å²) < 4.78 is 0. The summed E-state index contributed by atoms with van der Waals surface area (Å²) in [5, 5.41) is 4.69. The Bertz CT molecular complexity index is 1070. The monoisotopic (exact) mass is 450 g/mol. The highest BCUT2D eigenvalue weighted by Crippen LogP contribution is 2.40. The van der Waals surface area contributed by atoms with E-state index in [2.05, 4.69) is 48.3 Å². The van der Waals surface area contributed by atoms with Crippen molar-refractivity contribution in [2.24, 2.45) is 5.92 Å². The minimum absolute atomic E-state index is 0.0761. The second kappa shape index (κ2) is 10.3. The van der Waals surface area contributed by atoms with Crippen molar-refractivity contribution in [2.75, 3.05) is 24.5 Å². The number of nitrogens with zero attached hydrogens (tertiary/aromatic N) is 3. The van der Waals surface area contributed by atoms with Crippen LogP contribution in [0.5, 0.6) is 0 Å². The SMILES string of the molecule is CC(C)CNC(=O)CCN(CCc1ccccc1)c1nc(C2CC2)nc2cc(Cl)ccc12. The molecule has 0 spiro atoms. The molecule has 4 rings (SSSR count). The van der Waals surface area contributed by atoms with Crippen LogP contribution >= 0.6 is 11.6 Å². The Hall–Kier alpha value is -2.66. The maximum absolute atomic E-state index is 12.5. The van der Waals surface area contributed by atoms with Gasteiger partial charge in [0, 0.05) is 42.4 Å². The molecule has 0 radical (unpaired) electrons. The van der Waals surface area contributed by atoms with Gasteiger partial charge in [0.1, 0.15) is 11.6 Å². The molecule has 0 bridgehead atoms. The summed E-state index contributed by atoms with van der Waals surface area (Å²) >= 11 is 6.28. The first kappa shape index (κ1) is 22.5. The van der Waals surface area contributed by atoms with Crippen LogP contribution in [0.25, 0.3) is 10.9 Å². The summed E-state index contributed by atoms with van der Waals surface area (Å²) in [6.07, 6.45) is 3.58. The summed E-state index contributed by atoms with van der Waals surface area (Å²) in [5.41, 5.74) is 2.14. The lowest BCUT2D eigenvalue weighted by molar-refractivity contribution is -0.121. The molecular formula is C26H31ClN4O. The van der Waals surface area contributed by atoms with Crippen LogP contribution in [-0.2, 0) is 11.2 Å². The lowest BCUT2D eigenvalue weighted by atomic mass is 10.1. The lowest BCUT2D eigenvalue weighted by Gasteiger charge is -2.25. The number of nitrogens with one attached hydrogen (secondary N) is 1. The number of hydrogen-bond donors (Lipinski definition) is 1. The van der Waals surface area contributed by atoms with E-state index in [0.717, 1.165) is 48.4 Å². The van der Waals surface area contributed by atoms with E-state index in [1.807, 2.05) is 24.3 Å². The van der Waals surface area contributed by atoms with E-state index in [4.69, 9.17) is 21.6 Å². The summed E-state index contributed by atoms with van der Waals surface area (Å²) in [4.78, 5) is 24.5. The van der Waals surface area contributed by atoms with Gasteiger partial charge in [-0.1, -0.05) is 55.8 Å². The number of fused-ring (bicyclic) bond motifs is 1. The van der Waals surface area contributed by atoms with Crippen molar-refractivity contribution in [2.45, 2.75) is 45.4 Å². The van der Waals surface area contributed by atoms with Gasteiger partial charge in [-0.25, -0.2) is 9.97 Å². The number of anilines is 1. The first-order valence-corrected chi connectivity index (χ1v) is 11.9. The molecule has 1 aromatic heterocycles. The molecule has 0 aliphatic heterocycles. The minimum Gasteiger partial charge on any atom is -0.356 e. The van der Waals surface area contributed by atoms with Crippen molar-refractivity contribution in [3.63, 3.8) is 0 Å². The zero-order valence-electron chi connectivity index (χ0n) is 18.9. The quantitative estimate of drug-likeness (QED) is 0.451. The number of amides is 1. The number of carbonyl (C=O) groups is 1. The number of rotatable bonds is 10. The van der Waals surface area contributed by atoms with Crippen LogP contribution in [0.15, 0.2) is 48.5 Å². The van der Waals surface area contributed by atoms with Gasteiger partial charge < -0.3 is 10.2 Å². The summed E-state index contributed by atoms with van der Waals surface area (Å²) in [6.45, 7) is 6.29. The molecule has 1 heterocycles. The van der Waals surface area contributed by atoms with E-state index in [9.17, 15) is 4.79 Å². The molecule has 1 amide bonds. The van der Waals surface area contributed by atoms with E-state index in [1.165, 1.54) is 5.56 Å². The standard InChI is InChI=1S/C26H31ClN4O/c1-18(2)17-28-24(32)13-15-31(14-12-19-6-4-3-5-7-19)26-22-11-10-21(27)16-23(22)29-25(30-26)20-8-9-20/h3-7,10-11,16,18,20H,8-9,12-15,17H2,1-2H3,(H,28,32). The molecule has 1 N–H and O–H groups in total. The summed E-state index contributed by atoms with van der Waals surface area (Å²) in [5.74, 6) is 2.74. The van der Waals surface area contributed by atoms with Gasteiger partial charge in [-0.2, -0.15) is 0 Å². The van der Waals surface area contributed by atoms with E-state index in [0.29, 0.717) is 36.4 Å². The summed E-state index contributed by atoms with van der Waals surface area (Å²) in [6, 6.07) is 16.2. The van der Waals surface area contributed by atoms with E-state index >= 15 is 0 Å². The van der Waals surface area contributed by atoms with Gasteiger partial charge in [-0.15, -0.1) is 0 Å². The Morgan fingerprint density at radius 3 is 2.62 bits per heavy atom. The minimum atomic E-state index is 0.0761. The van der Waals surface area contributed by atoms with Gasteiger partial charge in [0.25, 0.3) is 0 Å². The molecule has 3 aromatic rings. The number of benzene rings is 2. The molecule has 1 saturated carbocycles. The molecule has 6 heteroatoms. The largest absolute Gasteiger partial charge is 0.356 e. The fourth-order valence-corrected chi connectivity index (χ4v) is 3.91. The molecule has 0 unspecified atom stereocenters. The molecule has 32 heavy (non-hydrogen) atoms. The van der Waals surface area contributed by atoms with Gasteiger partial charge in [-0.05, 0) is 48.9 Å². The Balaban J connectivity index is 1.62. The molecule has 0 atom stereocenters. The zero-order valence-corrected chi connectivity index (χ0v) is 19.6. The third-order valence-electron chi connectivity index (χ3n) is 5.73. The normalized spacial score (nSPS) is 13.5. The second-order valence-corrected chi connectivity index (χ2v) is 9.45. The van der Waals surface area contributed by atoms with Gasteiger partial charge in [0.2, 0.25) is 5.91 Å². The van der Waals surface area contributed by atoms with Crippen LogP contribution in [0, 0.1) is 5.92 Å². The molecule has 1 aliphatic carbocycles. The fraction of sp³-hybridized carbons (Fsp3) is 0.423. The van der Waals surface area contributed by atoms with Crippen LogP contribution < -0.4 is 10.2 Å². The first-order valence-electron chi connectivity index (χ1n) is 11.5. The van der Waals surface area contributed by atoms with Gasteiger partial charge in [0.05, 0.1) is 5.52 Å². The highest BCUT2D eigenvalue weighted by atomic mass is 35.5. The van der Waals surface area contributed by atoms with E-state index in [1.54, 1.807) is 0 Å². The predicted octanol–water partition coefficient (Wildman–Crippen LogP) is 5.37. The second-order valence-electron chi connectivity index (χ2n) is 9.01. The highest BCUT2D eigenvalue weighted by Gasteiger charge is 2.28. The van der Waals surface area contributed by atoms with Crippen molar-refractivity contribution >= 4 is 34.2 Å². The smallest absolute Gasteiger partial charge is 0.221 e. The molecule has 1 aliphatic rings. The predicted molar refractivity (Wildman–Crippen MR) is 131 cm³/mol. The summed E-state index contributed by atoms with van der Waals surface area (Å²) in [7, 11) is 0. The van der Waals surface area contributed by atoms with Crippen molar-refractivity contribution in [1.82, 2.24) is 15.3 Å². The van der Waals surface area contributed by atoms with Crippen LogP contribution in [0.2, 0.25) is 5.02 Å². The van der Waals surface area contributed by atoms with Gasteiger partial charge >= 0.3 is 0 Å². The molecule has 2 aromatic carbocycles. The Kier molecular flexibility index (Phi) is 7.26. The Labute approximate surface area is 195 Å². The molecule has 168 valence electrons. The highest BCUT2D eigenvalue weighted by molar-refractivity contribution is 6.31. The molecule has 1 fully saturated rings. The molecule has 5 nitrogen and oxygen atoms in total. The zero-order chi connectivity index (χ0) is 22.5. The Morgan fingerprint density at radius 2 is 1.91 bits per heavy atom. The van der Waals surface area contributed by atoms with Crippen molar-refractivity contribution in [1.29, 1.82) is 0 Å². The van der Waals surface area contributed by atoms with Crippen molar-refractivity contribution in [3.05, 3.63) is 64.9 Å². The van der Waals surface area contributed by atoms with E-state index in [-0.39, 0.29) is 5.91 Å². The average Bonchev–Trinajstić information content (AvgIpc) is 3.63. The first-order chi connectivity index (χ1) is 15.5. The van der Waals surface area contributed by atoms with Crippen molar-refractivity contribution in [3.8, 4) is 0 Å². The number of halogens is 1. The maximum Gasteiger partial charge on any atom is 0.221 e. The Morgan fingerprint density at radius 1 is 1.12 bits per heavy atom. The van der Waals surface area contributed by atoms with E-state index < -0.39 is 0 Å².